The molecule has 0 radical (unpaired) electrons. The molecule has 0 unspecified atom stereocenters. The summed E-state index contributed by atoms with van der Waals surface area (Å²) in [5.74, 6) is 2.41. The monoisotopic (exact) mass is 515 g/mol. The molecule has 12 nitrogen and oxygen atoms in total. The number of anilines is 2. The first-order valence-corrected chi connectivity index (χ1v) is 12.4. The number of ether oxygens (including phenoxy) is 1. The van der Waals surface area contributed by atoms with Gasteiger partial charge in [0.25, 0.3) is 12.4 Å². The van der Waals surface area contributed by atoms with Crippen LogP contribution in [-0.4, -0.2) is 69.8 Å². The van der Waals surface area contributed by atoms with Crippen LogP contribution in [0.15, 0.2) is 53.6 Å². The van der Waals surface area contributed by atoms with E-state index in [0.717, 1.165) is 73.6 Å². The largest absolute Gasteiger partial charge is 0.471 e. The van der Waals surface area contributed by atoms with Crippen LogP contribution in [0.25, 0.3) is 22.7 Å². The molecule has 0 bridgehead atoms. The second kappa shape index (κ2) is 11.3. The molecule has 6 rings (SSSR count). The van der Waals surface area contributed by atoms with E-state index in [1.165, 1.54) is 7.11 Å². The third kappa shape index (κ3) is 5.16. The fraction of sp³-hybridized carbons (Fsp3) is 0.346. The standard InChI is InChI=1S/C24H25N9O.C2H4O2/c25-23-29-13-17(14-30-23)19-4-3-18(15-27-19)24(6-1-7-24)22-31-21(34-32-22)16-2-5-20(28-12-16)33-10-8-26-9-11-33;1-4-2-3/h2-5,12-15,26H,1,6-11H2,(H2,25,29,30);2H,1H3. The number of hydrogen-bond donors (Lipinski definition) is 2. The van der Waals surface area contributed by atoms with Gasteiger partial charge in [0.05, 0.1) is 23.8 Å². The first-order valence-electron chi connectivity index (χ1n) is 12.4. The number of pyridine rings is 2. The summed E-state index contributed by atoms with van der Waals surface area (Å²) in [6.07, 6.45) is 10.1. The lowest BCUT2D eigenvalue weighted by Gasteiger charge is -2.39. The molecule has 2 fully saturated rings. The van der Waals surface area contributed by atoms with E-state index in [1.54, 1.807) is 12.4 Å². The van der Waals surface area contributed by atoms with Crippen molar-refractivity contribution in [1.82, 2.24) is 35.4 Å². The quantitative estimate of drug-likeness (QED) is 0.361. The van der Waals surface area contributed by atoms with Crippen LogP contribution >= 0.6 is 0 Å². The Kier molecular flexibility index (Phi) is 7.50. The van der Waals surface area contributed by atoms with E-state index in [-0.39, 0.29) is 11.4 Å². The number of rotatable bonds is 6. The van der Waals surface area contributed by atoms with Gasteiger partial charge in [-0.05, 0) is 36.6 Å². The predicted molar refractivity (Wildman–Crippen MR) is 140 cm³/mol. The van der Waals surface area contributed by atoms with Gasteiger partial charge in [0.15, 0.2) is 5.82 Å². The summed E-state index contributed by atoms with van der Waals surface area (Å²) in [5.41, 5.74) is 8.83. The third-order valence-electron chi connectivity index (χ3n) is 6.88. The van der Waals surface area contributed by atoms with E-state index in [2.05, 4.69) is 46.1 Å². The van der Waals surface area contributed by atoms with Gasteiger partial charge in [0, 0.05) is 56.5 Å². The molecule has 4 aromatic heterocycles. The topological polar surface area (TPSA) is 158 Å². The smallest absolute Gasteiger partial charge is 0.292 e. The number of nitrogen functional groups attached to an aromatic ring is 1. The van der Waals surface area contributed by atoms with Gasteiger partial charge >= 0.3 is 0 Å². The Morgan fingerprint density at radius 3 is 2.32 bits per heavy atom. The fourth-order valence-corrected chi connectivity index (χ4v) is 4.62. The number of nitrogens with zero attached hydrogens (tertiary/aromatic N) is 7. The van der Waals surface area contributed by atoms with Crippen molar-refractivity contribution in [2.24, 2.45) is 0 Å². The van der Waals surface area contributed by atoms with Crippen molar-refractivity contribution in [2.75, 3.05) is 43.9 Å². The highest BCUT2D eigenvalue weighted by molar-refractivity contribution is 5.58. The van der Waals surface area contributed by atoms with Crippen LogP contribution in [0, 0.1) is 0 Å². The highest BCUT2D eigenvalue weighted by Gasteiger charge is 2.45. The van der Waals surface area contributed by atoms with Crippen LogP contribution in [0.5, 0.6) is 0 Å². The van der Waals surface area contributed by atoms with E-state index in [0.29, 0.717) is 18.2 Å². The molecule has 0 atom stereocenters. The van der Waals surface area contributed by atoms with E-state index < -0.39 is 0 Å². The van der Waals surface area contributed by atoms with Crippen molar-refractivity contribution in [3.8, 4) is 22.7 Å². The van der Waals surface area contributed by atoms with E-state index >= 15 is 0 Å². The number of nitrogens with two attached hydrogens (primary N) is 1. The number of piperazine rings is 1. The highest BCUT2D eigenvalue weighted by atomic mass is 16.5. The zero-order chi connectivity index (χ0) is 26.4. The van der Waals surface area contributed by atoms with Crippen molar-refractivity contribution in [3.63, 3.8) is 0 Å². The second-order valence-corrected chi connectivity index (χ2v) is 9.09. The number of aromatic nitrogens is 6. The minimum absolute atomic E-state index is 0.246. The molecule has 1 saturated heterocycles. The van der Waals surface area contributed by atoms with Gasteiger partial charge in [0.2, 0.25) is 5.95 Å². The number of methoxy groups -OCH3 is 1. The summed E-state index contributed by atoms with van der Waals surface area (Å²) < 4.78 is 9.53. The third-order valence-corrected chi connectivity index (χ3v) is 6.88. The zero-order valence-electron chi connectivity index (χ0n) is 21.1. The summed E-state index contributed by atoms with van der Waals surface area (Å²) in [6.45, 7) is 4.24. The Bertz CT molecular complexity index is 1330. The number of nitrogens with one attached hydrogen (secondary N) is 1. The summed E-state index contributed by atoms with van der Waals surface area (Å²) in [5, 5.41) is 7.73. The van der Waals surface area contributed by atoms with E-state index in [9.17, 15) is 0 Å². The van der Waals surface area contributed by atoms with Crippen molar-refractivity contribution in [2.45, 2.75) is 24.7 Å². The maximum absolute atomic E-state index is 8.95. The zero-order valence-corrected chi connectivity index (χ0v) is 21.1. The molecule has 4 aromatic rings. The van der Waals surface area contributed by atoms with Crippen LogP contribution in [0.3, 0.4) is 0 Å². The summed E-state index contributed by atoms with van der Waals surface area (Å²) >= 11 is 0. The average Bonchev–Trinajstić information content (AvgIpc) is 3.44. The van der Waals surface area contributed by atoms with Crippen molar-refractivity contribution in [1.29, 1.82) is 0 Å². The first-order chi connectivity index (χ1) is 18.6. The molecule has 5 heterocycles. The van der Waals surface area contributed by atoms with E-state index in [1.807, 2.05) is 30.6 Å². The molecule has 1 aliphatic carbocycles. The highest BCUT2D eigenvalue weighted by Crippen LogP contribution is 2.48. The lowest BCUT2D eigenvalue weighted by atomic mass is 9.64. The molecule has 196 valence electrons. The number of hydrogen-bond acceptors (Lipinski definition) is 12. The van der Waals surface area contributed by atoms with Gasteiger partial charge in [-0.25, -0.2) is 15.0 Å². The van der Waals surface area contributed by atoms with Gasteiger partial charge in [-0.15, -0.1) is 0 Å². The summed E-state index contributed by atoms with van der Waals surface area (Å²) in [4.78, 5) is 33.4. The number of carbonyl (C=O) groups is 1. The minimum Gasteiger partial charge on any atom is -0.471 e. The average molecular weight is 516 g/mol. The van der Waals surface area contributed by atoms with Crippen LogP contribution in [0.4, 0.5) is 11.8 Å². The van der Waals surface area contributed by atoms with Crippen LogP contribution in [0.2, 0.25) is 0 Å². The molecule has 12 heteroatoms. The maximum Gasteiger partial charge on any atom is 0.292 e. The molecule has 0 amide bonds. The fourth-order valence-electron chi connectivity index (χ4n) is 4.62. The van der Waals surface area contributed by atoms with Crippen LogP contribution in [-0.2, 0) is 14.9 Å². The van der Waals surface area contributed by atoms with Gasteiger partial charge in [-0.2, -0.15) is 4.98 Å². The molecular weight excluding hydrogens is 486 g/mol. The minimum atomic E-state index is -0.279. The van der Waals surface area contributed by atoms with Crippen molar-refractivity contribution < 1.29 is 14.1 Å². The predicted octanol–water partition coefficient (Wildman–Crippen LogP) is 2.23. The molecule has 38 heavy (non-hydrogen) atoms. The Balaban J connectivity index is 0.000000689. The summed E-state index contributed by atoms with van der Waals surface area (Å²) in [7, 11) is 1.31. The lowest BCUT2D eigenvalue weighted by Crippen LogP contribution is -2.43. The van der Waals surface area contributed by atoms with Gasteiger partial charge < -0.3 is 25.2 Å². The van der Waals surface area contributed by atoms with Crippen molar-refractivity contribution >= 4 is 18.2 Å². The molecule has 2 aliphatic rings. The van der Waals surface area contributed by atoms with E-state index in [4.69, 9.17) is 20.0 Å². The molecule has 1 aliphatic heterocycles. The molecule has 0 spiro atoms. The Morgan fingerprint density at radius 1 is 1.00 bits per heavy atom. The molecule has 0 aromatic carbocycles. The second-order valence-electron chi connectivity index (χ2n) is 9.09. The van der Waals surface area contributed by atoms with Crippen molar-refractivity contribution in [3.05, 3.63) is 60.4 Å². The SMILES string of the molecule is COC=O.Nc1ncc(-c2ccc(C3(c4noc(-c5ccc(N6CCNCC6)nc5)n4)CCC3)cn2)cn1. The normalized spacial score (nSPS) is 16.1. The van der Waals surface area contributed by atoms with Gasteiger partial charge in [-0.3, -0.25) is 9.78 Å². The van der Waals surface area contributed by atoms with Gasteiger partial charge in [-0.1, -0.05) is 17.6 Å². The first kappa shape index (κ1) is 25.2. The molecule has 1 saturated carbocycles. The summed E-state index contributed by atoms with van der Waals surface area (Å²) in [6, 6.07) is 8.08. The lowest BCUT2D eigenvalue weighted by molar-refractivity contribution is -0.126. The van der Waals surface area contributed by atoms with Crippen LogP contribution in [0.1, 0.15) is 30.7 Å². The Hall–Kier alpha value is -4.45. The molecule has 3 N–H and O–H groups in total. The maximum atomic E-state index is 8.95. The number of carbonyl (C=O) groups excluding carboxylic acids is 1. The van der Waals surface area contributed by atoms with Crippen LogP contribution < -0.4 is 16.0 Å². The van der Waals surface area contributed by atoms with Gasteiger partial charge in [0.1, 0.15) is 5.82 Å². The molecular formula is C26H29N9O3. The Labute approximate surface area is 219 Å². The Morgan fingerprint density at radius 2 is 1.74 bits per heavy atom.